The fraction of sp³-hybridized carbons (Fsp3) is 0.600. The molecule has 0 aromatic heterocycles. The fourth-order valence-electron chi connectivity index (χ4n) is 2.66. The van der Waals surface area contributed by atoms with Crippen LogP contribution >= 0.6 is 0 Å². The Morgan fingerprint density at radius 2 is 1.88 bits per heavy atom. The minimum absolute atomic E-state index is 0.0481. The summed E-state index contributed by atoms with van der Waals surface area (Å²) in [6.45, 7) is 6.78. The van der Waals surface area contributed by atoms with Gasteiger partial charge in [-0.25, -0.2) is 0 Å². The van der Waals surface area contributed by atoms with Gasteiger partial charge < -0.3 is 16.0 Å². The van der Waals surface area contributed by atoms with E-state index in [2.05, 4.69) is 34.8 Å². The van der Waals surface area contributed by atoms with E-state index >= 15 is 0 Å². The SMILES string of the molecule is CCCCCCC(C)NC(=NC)NCCc1ccc(NC(C)=O)cc1. The summed E-state index contributed by atoms with van der Waals surface area (Å²) in [5.41, 5.74) is 2.06. The van der Waals surface area contributed by atoms with Crippen molar-refractivity contribution in [2.75, 3.05) is 18.9 Å². The van der Waals surface area contributed by atoms with E-state index in [1.165, 1.54) is 44.6 Å². The van der Waals surface area contributed by atoms with E-state index in [1.807, 2.05) is 24.3 Å². The predicted molar refractivity (Wildman–Crippen MR) is 107 cm³/mol. The largest absolute Gasteiger partial charge is 0.356 e. The lowest BCUT2D eigenvalue weighted by atomic mass is 10.1. The molecule has 0 heterocycles. The van der Waals surface area contributed by atoms with Crippen LogP contribution in [0.5, 0.6) is 0 Å². The summed E-state index contributed by atoms with van der Waals surface area (Å²) < 4.78 is 0. The first kappa shape index (κ1) is 21.0. The van der Waals surface area contributed by atoms with E-state index in [0.717, 1.165) is 24.6 Å². The lowest BCUT2D eigenvalue weighted by Gasteiger charge is -2.18. The van der Waals surface area contributed by atoms with Gasteiger partial charge in [0.15, 0.2) is 5.96 Å². The summed E-state index contributed by atoms with van der Waals surface area (Å²) in [5, 5.41) is 9.60. The van der Waals surface area contributed by atoms with Crippen molar-refractivity contribution < 1.29 is 4.79 Å². The van der Waals surface area contributed by atoms with Gasteiger partial charge in [-0.05, 0) is 37.5 Å². The van der Waals surface area contributed by atoms with Crippen molar-refractivity contribution in [1.29, 1.82) is 0 Å². The Balaban J connectivity index is 2.29. The molecule has 1 unspecified atom stereocenters. The monoisotopic (exact) mass is 346 g/mol. The molecule has 1 aromatic carbocycles. The molecule has 0 bridgehead atoms. The number of nitrogens with one attached hydrogen (secondary N) is 3. The molecule has 0 aliphatic heterocycles. The molecule has 0 spiro atoms. The average molecular weight is 347 g/mol. The molecular formula is C20H34N4O. The number of guanidine groups is 1. The Bertz CT molecular complexity index is 525. The zero-order chi connectivity index (χ0) is 18.5. The Labute approximate surface area is 152 Å². The number of hydrogen-bond acceptors (Lipinski definition) is 2. The summed E-state index contributed by atoms with van der Waals surface area (Å²) in [7, 11) is 1.81. The number of rotatable bonds is 10. The van der Waals surface area contributed by atoms with E-state index in [0.29, 0.717) is 6.04 Å². The normalized spacial score (nSPS) is 12.6. The molecule has 1 amide bonds. The summed E-state index contributed by atoms with van der Waals surface area (Å²) in [5.74, 6) is 0.811. The molecular weight excluding hydrogens is 312 g/mol. The molecule has 3 N–H and O–H groups in total. The Hall–Kier alpha value is -2.04. The van der Waals surface area contributed by atoms with Gasteiger partial charge in [0.25, 0.3) is 0 Å². The number of anilines is 1. The standard InChI is InChI=1S/C20H34N4O/c1-5-6-7-8-9-16(2)23-20(21-4)22-15-14-18-10-12-19(13-11-18)24-17(3)25/h10-13,16H,5-9,14-15H2,1-4H3,(H,24,25)(H2,21,22,23). The van der Waals surface area contributed by atoms with Crippen LogP contribution in [0.25, 0.3) is 0 Å². The van der Waals surface area contributed by atoms with Gasteiger partial charge in [0, 0.05) is 32.2 Å². The molecule has 0 aliphatic carbocycles. The van der Waals surface area contributed by atoms with Crippen LogP contribution in [0.15, 0.2) is 29.3 Å². The van der Waals surface area contributed by atoms with Gasteiger partial charge in [0.05, 0.1) is 0 Å². The second-order valence-electron chi connectivity index (χ2n) is 6.52. The molecule has 0 saturated carbocycles. The number of hydrogen-bond donors (Lipinski definition) is 3. The molecule has 0 aliphatic rings. The molecule has 1 aromatic rings. The first-order valence-corrected chi connectivity index (χ1v) is 9.38. The fourth-order valence-corrected chi connectivity index (χ4v) is 2.66. The number of carbonyl (C=O) groups excluding carboxylic acids is 1. The van der Waals surface area contributed by atoms with Gasteiger partial charge >= 0.3 is 0 Å². The highest BCUT2D eigenvalue weighted by Gasteiger charge is 2.05. The molecule has 0 fully saturated rings. The van der Waals surface area contributed by atoms with Crippen LogP contribution in [0.2, 0.25) is 0 Å². The smallest absolute Gasteiger partial charge is 0.221 e. The van der Waals surface area contributed by atoms with Crippen LogP contribution in [-0.2, 0) is 11.2 Å². The van der Waals surface area contributed by atoms with Crippen LogP contribution < -0.4 is 16.0 Å². The van der Waals surface area contributed by atoms with E-state index in [9.17, 15) is 4.79 Å². The zero-order valence-corrected chi connectivity index (χ0v) is 16.2. The maximum absolute atomic E-state index is 11.0. The molecule has 0 saturated heterocycles. The summed E-state index contributed by atoms with van der Waals surface area (Å²) in [6.07, 6.45) is 7.25. The molecule has 1 rings (SSSR count). The first-order chi connectivity index (χ1) is 12.0. The van der Waals surface area contributed by atoms with Crippen LogP contribution in [0.1, 0.15) is 58.4 Å². The first-order valence-electron chi connectivity index (χ1n) is 9.38. The Morgan fingerprint density at radius 1 is 1.16 bits per heavy atom. The van der Waals surface area contributed by atoms with Gasteiger partial charge in [0.1, 0.15) is 0 Å². The third kappa shape index (κ3) is 9.75. The van der Waals surface area contributed by atoms with Crippen LogP contribution in [0.4, 0.5) is 5.69 Å². The minimum atomic E-state index is -0.0481. The van der Waals surface area contributed by atoms with Gasteiger partial charge in [-0.15, -0.1) is 0 Å². The second-order valence-corrected chi connectivity index (χ2v) is 6.52. The lowest BCUT2D eigenvalue weighted by Crippen LogP contribution is -2.42. The number of amides is 1. The quantitative estimate of drug-likeness (QED) is 0.344. The third-order valence-corrected chi connectivity index (χ3v) is 4.08. The maximum atomic E-state index is 11.0. The highest BCUT2D eigenvalue weighted by Crippen LogP contribution is 2.09. The van der Waals surface area contributed by atoms with Crippen molar-refractivity contribution in [3.8, 4) is 0 Å². The van der Waals surface area contributed by atoms with Gasteiger partial charge in [-0.2, -0.15) is 0 Å². The Kier molecular flexibility index (Phi) is 10.4. The number of carbonyl (C=O) groups is 1. The van der Waals surface area contributed by atoms with Gasteiger partial charge in [-0.3, -0.25) is 9.79 Å². The highest BCUT2D eigenvalue weighted by molar-refractivity contribution is 5.88. The molecule has 1 atom stereocenters. The van der Waals surface area contributed by atoms with Crippen molar-refractivity contribution in [2.45, 2.75) is 65.3 Å². The van der Waals surface area contributed by atoms with Crippen molar-refractivity contribution >= 4 is 17.6 Å². The van der Waals surface area contributed by atoms with Crippen molar-refractivity contribution in [3.05, 3.63) is 29.8 Å². The van der Waals surface area contributed by atoms with Crippen molar-refractivity contribution in [2.24, 2.45) is 4.99 Å². The van der Waals surface area contributed by atoms with E-state index in [4.69, 9.17) is 0 Å². The van der Waals surface area contributed by atoms with Crippen molar-refractivity contribution in [1.82, 2.24) is 10.6 Å². The highest BCUT2D eigenvalue weighted by atomic mass is 16.1. The van der Waals surface area contributed by atoms with E-state index in [-0.39, 0.29) is 5.91 Å². The molecule has 0 radical (unpaired) electrons. The number of unbranched alkanes of at least 4 members (excludes halogenated alkanes) is 3. The summed E-state index contributed by atoms with van der Waals surface area (Å²) in [4.78, 5) is 15.3. The second kappa shape index (κ2) is 12.3. The molecule has 25 heavy (non-hydrogen) atoms. The van der Waals surface area contributed by atoms with Crippen LogP contribution in [0, 0.1) is 0 Å². The lowest BCUT2D eigenvalue weighted by molar-refractivity contribution is -0.114. The maximum Gasteiger partial charge on any atom is 0.221 e. The predicted octanol–water partition coefficient (Wildman–Crippen LogP) is 3.71. The molecule has 5 heteroatoms. The zero-order valence-electron chi connectivity index (χ0n) is 16.2. The van der Waals surface area contributed by atoms with Gasteiger partial charge in [0.2, 0.25) is 5.91 Å². The Morgan fingerprint density at radius 3 is 2.48 bits per heavy atom. The summed E-state index contributed by atoms with van der Waals surface area (Å²) >= 11 is 0. The number of benzene rings is 1. The third-order valence-electron chi connectivity index (χ3n) is 4.08. The van der Waals surface area contributed by atoms with Crippen LogP contribution in [-0.4, -0.2) is 31.5 Å². The molecule has 5 nitrogen and oxygen atoms in total. The van der Waals surface area contributed by atoms with Crippen LogP contribution in [0.3, 0.4) is 0 Å². The molecule has 140 valence electrons. The number of nitrogens with zero attached hydrogens (tertiary/aromatic N) is 1. The van der Waals surface area contributed by atoms with E-state index < -0.39 is 0 Å². The van der Waals surface area contributed by atoms with E-state index in [1.54, 1.807) is 7.05 Å². The minimum Gasteiger partial charge on any atom is -0.356 e. The topological polar surface area (TPSA) is 65.5 Å². The number of aliphatic imine (C=N–C) groups is 1. The van der Waals surface area contributed by atoms with Crippen molar-refractivity contribution in [3.63, 3.8) is 0 Å². The average Bonchev–Trinajstić information content (AvgIpc) is 2.59. The van der Waals surface area contributed by atoms with Gasteiger partial charge in [-0.1, -0.05) is 44.7 Å². The summed E-state index contributed by atoms with van der Waals surface area (Å²) in [6, 6.07) is 8.38.